The molecule has 0 aliphatic heterocycles. The minimum Gasteiger partial charge on any atom is -0.301 e. The number of nitrogens with one attached hydrogen (secondary N) is 1. The van der Waals surface area contributed by atoms with Crippen LogP contribution in [0.25, 0.3) is 0 Å². The number of hydrogen-bond acceptors (Lipinski definition) is 5. The van der Waals surface area contributed by atoms with Crippen molar-refractivity contribution >= 4 is 27.5 Å². The lowest BCUT2D eigenvalue weighted by molar-refractivity contribution is -0.118. The topological polar surface area (TPSA) is 84.3 Å². The Balaban J connectivity index is 2.40. The Hall–Kier alpha value is -1.90. The molecule has 1 heterocycles. The van der Waals surface area contributed by atoms with E-state index in [1.807, 2.05) is 79.6 Å². The summed E-state index contributed by atoms with van der Waals surface area (Å²) in [5.74, 6) is -0.322. The number of amides is 1. The normalized spacial score (nSPS) is 13.4. The largest absolute Gasteiger partial charge is 0.301 e. The molecule has 9 heteroatoms. The minimum atomic E-state index is -4.12. The number of hydrogen-bond donors (Lipinski definition) is 1. The first-order chi connectivity index (χ1) is 15.2. The first kappa shape index (κ1) is 27.3. The lowest BCUT2D eigenvalue weighted by Crippen LogP contribution is -2.32. The molecule has 2 rings (SSSR count). The summed E-state index contributed by atoms with van der Waals surface area (Å²) >= 11 is 6.31. The van der Waals surface area contributed by atoms with Crippen LogP contribution in [0.1, 0.15) is 94.8 Å². The number of carbonyl (C=O) groups is 1. The standard InChI is InChI=1S/C24H37ClN4O3S/c1-14(2)19-10-18(25)11-20(15(3)4)21(19)12-23(30)27-33(31,32)24-13-22(17(7)28(8)9)29(26-24)16(5)6/h10-11,13-17H,12H2,1-9H3,(H,27,30). The average Bonchev–Trinajstić information content (AvgIpc) is 3.14. The number of rotatable bonds is 9. The monoisotopic (exact) mass is 496 g/mol. The molecule has 1 amide bonds. The average molecular weight is 497 g/mol. The summed E-state index contributed by atoms with van der Waals surface area (Å²) in [6.07, 6.45) is -0.0523. The zero-order valence-electron chi connectivity index (χ0n) is 21.1. The molecule has 0 spiro atoms. The van der Waals surface area contributed by atoms with E-state index in [1.165, 1.54) is 0 Å². The molecule has 0 saturated heterocycles. The third kappa shape index (κ3) is 6.37. The van der Waals surface area contributed by atoms with Gasteiger partial charge in [-0.1, -0.05) is 39.3 Å². The summed E-state index contributed by atoms with van der Waals surface area (Å²) in [7, 11) is -0.285. The molecular formula is C24H37ClN4O3S. The van der Waals surface area contributed by atoms with Gasteiger partial charge in [-0.15, -0.1) is 0 Å². The van der Waals surface area contributed by atoms with Gasteiger partial charge in [-0.05, 0) is 75.5 Å². The van der Waals surface area contributed by atoms with E-state index in [4.69, 9.17) is 11.6 Å². The Bertz CT molecular complexity index is 1080. The summed E-state index contributed by atoms with van der Waals surface area (Å²) in [6.45, 7) is 14.0. The van der Waals surface area contributed by atoms with Crippen LogP contribution < -0.4 is 4.72 Å². The van der Waals surface area contributed by atoms with Gasteiger partial charge in [0.15, 0.2) is 5.03 Å². The molecule has 0 aliphatic rings. The Kier molecular flexibility index (Phi) is 8.76. The van der Waals surface area contributed by atoms with Gasteiger partial charge in [-0.3, -0.25) is 9.48 Å². The lowest BCUT2D eigenvalue weighted by atomic mass is 9.87. The van der Waals surface area contributed by atoms with Crippen molar-refractivity contribution in [2.24, 2.45) is 0 Å². The van der Waals surface area contributed by atoms with Gasteiger partial charge in [0, 0.05) is 23.2 Å². The van der Waals surface area contributed by atoms with Crippen LogP contribution in [0.5, 0.6) is 0 Å². The van der Waals surface area contributed by atoms with Crippen molar-refractivity contribution < 1.29 is 13.2 Å². The molecule has 0 fully saturated rings. The van der Waals surface area contributed by atoms with Gasteiger partial charge in [0.1, 0.15) is 0 Å². The third-order valence-electron chi connectivity index (χ3n) is 5.82. The Labute approximate surface area is 203 Å². The number of benzene rings is 1. The van der Waals surface area contributed by atoms with E-state index in [-0.39, 0.29) is 35.4 Å². The molecule has 1 atom stereocenters. The van der Waals surface area contributed by atoms with Crippen molar-refractivity contribution in [3.63, 3.8) is 0 Å². The zero-order chi connectivity index (χ0) is 25.2. The van der Waals surface area contributed by atoms with Crippen molar-refractivity contribution in [3.8, 4) is 0 Å². The Morgan fingerprint density at radius 3 is 1.97 bits per heavy atom. The van der Waals surface area contributed by atoms with E-state index in [0.717, 1.165) is 22.4 Å². The summed E-state index contributed by atoms with van der Waals surface area (Å²) in [5, 5.41) is 4.77. The second-order valence-electron chi connectivity index (χ2n) is 9.66. The molecule has 0 bridgehead atoms. The highest BCUT2D eigenvalue weighted by Crippen LogP contribution is 2.32. The maximum absolute atomic E-state index is 13.1. The zero-order valence-corrected chi connectivity index (χ0v) is 22.7. The molecule has 0 aliphatic carbocycles. The predicted octanol–water partition coefficient (Wildman–Crippen LogP) is 5.03. The number of sulfonamides is 1. The highest BCUT2D eigenvalue weighted by atomic mass is 35.5. The second kappa shape index (κ2) is 10.6. The van der Waals surface area contributed by atoms with E-state index in [9.17, 15) is 13.2 Å². The van der Waals surface area contributed by atoms with Gasteiger partial charge in [0.05, 0.1) is 12.1 Å². The van der Waals surface area contributed by atoms with Crippen LogP contribution in [0.15, 0.2) is 23.2 Å². The molecule has 0 radical (unpaired) electrons. The van der Waals surface area contributed by atoms with Gasteiger partial charge in [-0.25, -0.2) is 4.72 Å². The molecule has 0 saturated carbocycles. The number of aromatic nitrogens is 2. The van der Waals surface area contributed by atoms with Crippen molar-refractivity contribution in [2.45, 2.75) is 83.8 Å². The maximum Gasteiger partial charge on any atom is 0.283 e. The highest BCUT2D eigenvalue weighted by Gasteiger charge is 2.27. The predicted molar refractivity (Wildman–Crippen MR) is 133 cm³/mol. The van der Waals surface area contributed by atoms with Crippen molar-refractivity contribution in [3.05, 3.63) is 45.6 Å². The maximum atomic E-state index is 13.1. The minimum absolute atomic E-state index is 0.0293. The van der Waals surface area contributed by atoms with Gasteiger partial charge in [0.25, 0.3) is 10.0 Å². The summed E-state index contributed by atoms with van der Waals surface area (Å²) in [4.78, 5) is 14.9. The molecule has 1 unspecified atom stereocenters. The van der Waals surface area contributed by atoms with E-state index in [0.29, 0.717) is 5.02 Å². The van der Waals surface area contributed by atoms with Crippen LogP contribution in [-0.2, 0) is 21.2 Å². The number of nitrogens with zero attached hydrogens (tertiary/aromatic N) is 3. The van der Waals surface area contributed by atoms with E-state index >= 15 is 0 Å². The molecule has 184 valence electrons. The fourth-order valence-electron chi connectivity index (χ4n) is 3.82. The van der Waals surface area contributed by atoms with Crippen LogP contribution in [0.4, 0.5) is 0 Å². The van der Waals surface area contributed by atoms with E-state index in [2.05, 4.69) is 9.82 Å². The Morgan fingerprint density at radius 1 is 1.03 bits per heavy atom. The highest BCUT2D eigenvalue weighted by molar-refractivity contribution is 7.90. The first-order valence-corrected chi connectivity index (χ1v) is 13.2. The van der Waals surface area contributed by atoms with Crippen LogP contribution in [0.3, 0.4) is 0 Å². The molecule has 1 N–H and O–H groups in total. The molecule has 1 aromatic carbocycles. The summed E-state index contributed by atoms with van der Waals surface area (Å²) < 4.78 is 30.0. The summed E-state index contributed by atoms with van der Waals surface area (Å²) in [5.41, 5.74) is 3.49. The van der Waals surface area contributed by atoms with E-state index < -0.39 is 15.9 Å². The van der Waals surface area contributed by atoms with Crippen LogP contribution in [0.2, 0.25) is 5.02 Å². The second-order valence-corrected chi connectivity index (χ2v) is 11.7. The van der Waals surface area contributed by atoms with Gasteiger partial charge < -0.3 is 4.90 Å². The van der Waals surface area contributed by atoms with Gasteiger partial charge >= 0.3 is 0 Å². The third-order valence-corrected chi connectivity index (χ3v) is 7.29. The molecule has 7 nitrogen and oxygen atoms in total. The SMILES string of the molecule is CC(C)c1cc(Cl)cc(C(C)C)c1CC(=O)NS(=O)(=O)c1cc(C(C)N(C)C)n(C(C)C)n1. The van der Waals surface area contributed by atoms with Crippen LogP contribution in [-0.4, -0.2) is 43.1 Å². The quantitative estimate of drug-likeness (QED) is 0.526. The first-order valence-electron chi connectivity index (χ1n) is 11.3. The van der Waals surface area contributed by atoms with E-state index in [1.54, 1.807) is 10.7 Å². The smallest absolute Gasteiger partial charge is 0.283 e. The summed E-state index contributed by atoms with van der Waals surface area (Å²) in [6, 6.07) is 5.18. The molecule has 33 heavy (non-hydrogen) atoms. The fourth-order valence-corrected chi connectivity index (χ4v) is 5.00. The van der Waals surface area contributed by atoms with Crippen LogP contribution >= 0.6 is 11.6 Å². The van der Waals surface area contributed by atoms with Gasteiger partial charge in [0.2, 0.25) is 5.91 Å². The van der Waals surface area contributed by atoms with Crippen molar-refractivity contribution in [1.82, 2.24) is 19.4 Å². The molecule has 1 aromatic heterocycles. The Morgan fingerprint density at radius 2 is 1.55 bits per heavy atom. The number of halogens is 1. The number of carbonyl (C=O) groups excluding carboxylic acids is 1. The van der Waals surface area contributed by atoms with Crippen LogP contribution in [0, 0.1) is 0 Å². The fraction of sp³-hybridized carbons (Fsp3) is 0.583. The van der Waals surface area contributed by atoms with Crippen molar-refractivity contribution in [1.29, 1.82) is 0 Å². The van der Waals surface area contributed by atoms with Gasteiger partial charge in [-0.2, -0.15) is 13.5 Å². The van der Waals surface area contributed by atoms with Crippen molar-refractivity contribution in [2.75, 3.05) is 14.1 Å². The molecule has 2 aromatic rings. The lowest BCUT2D eigenvalue weighted by Gasteiger charge is -2.22. The molecular weight excluding hydrogens is 460 g/mol.